The van der Waals surface area contributed by atoms with Crippen LogP contribution in [0.4, 0.5) is 0 Å². The van der Waals surface area contributed by atoms with Crippen molar-refractivity contribution in [3.63, 3.8) is 0 Å². The maximum Gasteiger partial charge on any atom is 0.192 e. The number of H-pyrrole nitrogens is 1. The molecule has 2 aromatic carbocycles. The topological polar surface area (TPSA) is 32.9 Å². The highest BCUT2D eigenvalue weighted by Crippen LogP contribution is 2.31. The van der Waals surface area contributed by atoms with Gasteiger partial charge in [-0.1, -0.05) is 40.2 Å². The highest BCUT2D eigenvalue weighted by atomic mass is 79.9. The molecule has 1 aliphatic carbocycles. The summed E-state index contributed by atoms with van der Waals surface area (Å²) in [7, 11) is 0. The van der Waals surface area contributed by atoms with E-state index in [1.807, 2.05) is 18.2 Å². The zero-order chi connectivity index (χ0) is 13.7. The van der Waals surface area contributed by atoms with E-state index in [2.05, 4.69) is 33.0 Å². The van der Waals surface area contributed by atoms with Gasteiger partial charge >= 0.3 is 0 Å². The van der Waals surface area contributed by atoms with Gasteiger partial charge in [-0.2, -0.15) is 0 Å². The molecule has 1 aliphatic rings. The molecule has 0 aliphatic heterocycles. The summed E-state index contributed by atoms with van der Waals surface area (Å²) in [4.78, 5) is 16.3. The van der Waals surface area contributed by atoms with Crippen LogP contribution >= 0.6 is 15.9 Å². The Kier molecular flexibility index (Phi) is 2.71. The lowest BCUT2D eigenvalue weighted by Crippen LogP contribution is -2.18. The summed E-state index contributed by atoms with van der Waals surface area (Å²) >= 11 is 3.60. The number of pyridine rings is 1. The zero-order valence-corrected chi connectivity index (χ0v) is 12.6. The number of hydrogen-bond donors (Lipinski definition) is 1. The van der Waals surface area contributed by atoms with Gasteiger partial charge in [-0.05, 0) is 37.1 Å². The molecular weight excluding hydrogens is 314 g/mol. The van der Waals surface area contributed by atoms with Gasteiger partial charge in [-0.3, -0.25) is 4.79 Å². The van der Waals surface area contributed by atoms with Crippen LogP contribution in [-0.2, 0) is 12.8 Å². The van der Waals surface area contributed by atoms with Crippen LogP contribution in [0.3, 0.4) is 0 Å². The van der Waals surface area contributed by atoms with Crippen LogP contribution in [0.25, 0.3) is 21.7 Å². The lowest BCUT2D eigenvalue weighted by molar-refractivity contribution is 0.668. The lowest BCUT2D eigenvalue weighted by Gasteiger charge is -2.17. The maximum absolute atomic E-state index is 12.7. The second-order valence-electron chi connectivity index (χ2n) is 5.44. The Balaban J connectivity index is 2.24. The summed E-state index contributed by atoms with van der Waals surface area (Å²) in [6.45, 7) is 0. The average molecular weight is 328 g/mol. The van der Waals surface area contributed by atoms with E-state index in [9.17, 15) is 4.79 Å². The van der Waals surface area contributed by atoms with Gasteiger partial charge < -0.3 is 4.98 Å². The summed E-state index contributed by atoms with van der Waals surface area (Å²) in [5.41, 5.74) is 3.32. The molecule has 3 heteroatoms. The first kappa shape index (κ1) is 12.2. The fraction of sp³-hybridized carbons (Fsp3) is 0.235. The monoisotopic (exact) mass is 327 g/mol. The molecule has 20 heavy (non-hydrogen) atoms. The quantitative estimate of drug-likeness (QED) is 0.613. The molecule has 0 spiro atoms. The summed E-state index contributed by atoms with van der Waals surface area (Å²) in [6.07, 6.45) is 4.19. The van der Waals surface area contributed by atoms with Crippen molar-refractivity contribution in [3.8, 4) is 0 Å². The molecule has 0 unspecified atom stereocenters. The number of hydrogen-bond acceptors (Lipinski definition) is 1. The molecule has 2 nitrogen and oxygen atoms in total. The second-order valence-corrected chi connectivity index (χ2v) is 6.30. The Bertz CT molecular complexity index is 895. The van der Waals surface area contributed by atoms with Crippen molar-refractivity contribution < 1.29 is 0 Å². The van der Waals surface area contributed by atoms with Crippen LogP contribution < -0.4 is 5.43 Å². The van der Waals surface area contributed by atoms with Crippen LogP contribution in [0.1, 0.15) is 24.1 Å². The molecule has 0 amide bonds. The number of aryl methyl sites for hydroxylation is 1. The van der Waals surface area contributed by atoms with Crippen molar-refractivity contribution in [2.75, 3.05) is 0 Å². The van der Waals surface area contributed by atoms with E-state index in [1.54, 1.807) is 0 Å². The summed E-state index contributed by atoms with van der Waals surface area (Å²) < 4.78 is 0.988. The van der Waals surface area contributed by atoms with E-state index in [0.29, 0.717) is 0 Å². The Hall–Kier alpha value is -1.61. The van der Waals surface area contributed by atoms with Crippen LogP contribution in [0.5, 0.6) is 0 Å². The molecule has 0 bridgehead atoms. The van der Waals surface area contributed by atoms with Gasteiger partial charge in [-0.15, -0.1) is 0 Å². The van der Waals surface area contributed by atoms with Gasteiger partial charge in [0.05, 0.1) is 5.52 Å². The molecule has 0 fully saturated rings. The van der Waals surface area contributed by atoms with Crippen molar-refractivity contribution in [1.82, 2.24) is 4.98 Å². The van der Waals surface area contributed by atoms with E-state index in [0.717, 1.165) is 56.7 Å². The molecule has 100 valence electrons. The molecule has 0 radical (unpaired) electrons. The van der Waals surface area contributed by atoms with Crippen LogP contribution in [0, 0.1) is 0 Å². The number of aromatic nitrogens is 1. The number of benzene rings is 2. The third kappa shape index (κ3) is 1.66. The van der Waals surface area contributed by atoms with Crippen molar-refractivity contribution in [2.45, 2.75) is 25.7 Å². The van der Waals surface area contributed by atoms with Gasteiger partial charge in [0.25, 0.3) is 0 Å². The van der Waals surface area contributed by atoms with E-state index < -0.39 is 0 Å². The van der Waals surface area contributed by atoms with E-state index in [4.69, 9.17) is 0 Å². The van der Waals surface area contributed by atoms with Crippen LogP contribution in [0.2, 0.25) is 0 Å². The summed E-state index contributed by atoms with van der Waals surface area (Å²) in [5, 5.41) is 3.06. The first-order valence-corrected chi connectivity index (χ1v) is 7.80. The minimum Gasteiger partial charge on any atom is -0.357 e. The SMILES string of the molecule is O=c1c2c([nH]c3c1cc(Br)c1ccccc13)CCCC2. The van der Waals surface area contributed by atoms with Crippen molar-refractivity contribution in [3.05, 3.63) is 56.3 Å². The smallest absolute Gasteiger partial charge is 0.192 e. The number of halogens is 1. The standard InChI is InChI=1S/C17H14BrNO/c18-14-9-13-16(11-6-2-1-5-10(11)14)19-15-8-4-3-7-12(15)17(13)20/h1-2,5-6,9H,3-4,7-8H2,(H,19,20). The van der Waals surface area contributed by atoms with Crippen LogP contribution in [-0.4, -0.2) is 4.98 Å². The number of nitrogens with one attached hydrogen (secondary N) is 1. The summed E-state index contributed by atoms with van der Waals surface area (Å²) in [5.74, 6) is 0. The highest BCUT2D eigenvalue weighted by Gasteiger charge is 2.17. The maximum atomic E-state index is 12.7. The minimum atomic E-state index is 0.208. The van der Waals surface area contributed by atoms with Gasteiger partial charge in [0, 0.05) is 26.5 Å². The summed E-state index contributed by atoms with van der Waals surface area (Å²) in [6, 6.07) is 10.2. The normalized spacial score (nSPS) is 14.7. The molecule has 3 aromatic rings. The van der Waals surface area contributed by atoms with Gasteiger partial charge in [0.1, 0.15) is 0 Å². The molecule has 0 saturated carbocycles. The molecule has 4 rings (SSSR count). The number of fused-ring (bicyclic) bond motifs is 4. The fourth-order valence-corrected chi connectivity index (χ4v) is 3.83. The first-order valence-electron chi connectivity index (χ1n) is 7.00. The molecular formula is C17H14BrNO. The first-order chi connectivity index (χ1) is 9.75. The second kappa shape index (κ2) is 4.45. The largest absolute Gasteiger partial charge is 0.357 e. The molecule has 1 heterocycles. The Morgan fingerprint density at radius 1 is 1.00 bits per heavy atom. The predicted molar refractivity (Wildman–Crippen MR) is 86.4 cm³/mol. The molecule has 0 atom stereocenters. The van der Waals surface area contributed by atoms with Gasteiger partial charge in [-0.25, -0.2) is 0 Å². The molecule has 0 saturated heterocycles. The van der Waals surface area contributed by atoms with Crippen molar-refractivity contribution in [1.29, 1.82) is 0 Å². The lowest BCUT2D eigenvalue weighted by atomic mass is 9.93. The van der Waals surface area contributed by atoms with Gasteiger partial charge in [0.15, 0.2) is 5.43 Å². The van der Waals surface area contributed by atoms with E-state index in [-0.39, 0.29) is 5.43 Å². The van der Waals surface area contributed by atoms with E-state index in [1.165, 1.54) is 6.42 Å². The molecule has 1 aromatic heterocycles. The Morgan fingerprint density at radius 3 is 2.60 bits per heavy atom. The Morgan fingerprint density at radius 2 is 1.75 bits per heavy atom. The Labute approximate surface area is 124 Å². The number of rotatable bonds is 0. The minimum absolute atomic E-state index is 0.208. The van der Waals surface area contributed by atoms with Crippen molar-refractivity contribution >= 4 is 37.6 Å². The fourth-order valence-electron chi connectivity index (χ4n) is 3.25. The number of aromatic amines is 1. The predicted octanol–water partition coefficient (Wildman–Crippen LogP) is 4.32. The third-order valence-corrected chi connectivity index (χ3v) is 4.91. The van der Waals surface area contributed by atoms with Crippen LogP contribution in [0.15, 0.2) is 39.6 Å². The van der Waals surface area contributed by atoms with Crippen molar-refractivity contribution in [2.24, 2.45) is 0 Å². The van der Waals surface area contributed by atoms with Gasteiger partial charge in [0.2, 0.25) is 0 Å². The highest BCUT2D eigenvalue weighted by molar-refractivity contribution is 9.10. The molecule has 1 N–H and O–H groups in total. The third-order valence-electron chi connectivity index (χ3n) is 4.26. The van der Waals surface area contributed by atoms with E-state index >= 15 is 0 Å². The average Bonchev–Trinajstić information content (AvgIpc) is 2.49. The zero-order valence-electron chi connectivity index (χ0n) is 11.0.